The van der Waals surface area contributed by atoms with E-state index in [1.807, 2.05) is 24.3 Å². The zero-order valence-corrected chi connectivity index (χ0v) is 14.9. The Labute approximate surface area is 151 Å². The molecule has 0 spiro atoms. The van der Waals surface area contributed by atoms with Gasteiger partial charge in [0.25, 0.3) is 0 Å². The predicted octanol–water partition coefficient (Wildman–Crippen LogP) is 5.89. The summed E-state index contributed by atoms with van der Waals surface area (Å²) in [6.07, 6.45) is 7.40. The lowest BCUT2D eigenvalue weighted by atomic mass is 9.88. The van der Waals surface area contributed by atoms with Crippen LogP contribution >= 0.6 is 0 Å². The van der Waals surface area contributed by atoms with Gasteiger partial charge >= 0.3 is 0 Å². The summed E-state index contributed by atoms with van der Waals surface area (Å²) >= 11 is 0. The zero-order chi connectivity index (χ0) is 18.0. The van der Waals surface area contributed by atoms with Gasteiger partial charge in [-0.15, -0.1) is 13.2 Å². The Bertz CT molecular complexity index is 626. The lowest BCUT2D eigenvalue weighted by molar-refractivity contribution is 0.0346. The SMILES string of the molecule is C=CCC(O)(CC=C)CCCC(Nc1ccccc1)c1ccccc1. The van der Waals surface area contributed by atoms with Crippen LogP contribution in [-0.2, 0) is 0 Å². The van der Waals surface area contributed by atoms with Gasteiger partial charge in [-0.1, -0.05) is 60.7 Å². The molecule has 0 aliphatic rings. The van der Waals surface area contributed by atoms with E-state index in [9.17, 15) is 5.11 Å². The summed E-state index contributed by atoms with van der Waals surface area (Å²) in [5.74, 6) is 0. The van der Waals surface area contributed by atoms with Gasteiger partial charge in [0.05, 0.1) is 11.6 Å². The molecule has 0 heterocycles. The van der Waals surface area contributed by atoms with Gasteiger partial charge in [-0.3, -0.25) is 0 Å². The molecule has 0 amide bonds. The third kappa shape index (κ3) is 6.24. The first-order valence-corrected chi connectivity index (χ1v) is 8.97. The highest BCUT2D eigenvalue weighted by atomic mass is 16.3. The van der Waals surface area contributed by atoms with Crippen molar-refractivity contribution in [3.05, 3.63) is 91.5 Å². The van der Waals surface area contributed by atoms with Crippen LogP contribution in [0.2, 0.25) is 0 Å². The van der Waals surface area contributed by atoms with E-state index in [0.29, 0.717) is 12.8 Å². The summed E-state index contributed by atoms with van der Waals surface area (Å²) < 4.78 is 0. The quantitative estimate of drug-likeness (QED) is 0.502. The first-order chi connectivity index (χ1) is 12.2. The van der Waals surface area contributed by atoms with Crippen LogP contribution in [0.1, 0.15) is 43.7 Å². The smallest absolute Gasteiger partial charge is 0.0716 e. The fourth-order valence-electron chi connectivity index (χ4n) is 3.20. The van der Waals surface area contributed by atoms with E-state index < -0.39 is 5.60 Å². The van der Waals surface area contributed by atoms with Gasteiger partial charge in [0.15, 0.2) is 0 Å². The largest absolute Gasteiger partial charge is 0.389 e. The van der Waals surface area contributed by atoms with Crippen molar-refractivity contribution in [3.63, 3.8) is 0 Å². The third-order valence-corrected chi connectivity index (χ3v) is 4.50. The maximum absolute atomic E-state index is 10.7. The van der Waals surface area contributed by atoms with Gasteiger partial charge < -0.3 is 10.4 Å². The molecule has 0 aliphatic heterocycles. The molecule has 0 bridgehead atoms. The zero-order valence-electron chi connectivity index (χ0n) is 14.9. The van der Waals surface area contributed by atoms with Gasteiger partial charge in [-0.05, 0) is 49.8 Å². The highest BCUT2D eigenvalue weighted by Gasteiger charge is 2.24. The van der Waals surface area contributed by atoms with E-state index >= 15 is 0 Å². The fourth-order valence-corrected chi connectivity index (χ4v) is 3.20. The molecule has 132 valence electrons. The summed E-state index contributed by atoms with van der Waals surface area (Å²) in [4.78, 5) is 0. The Morgan fingerprint density at radius 1 is 0.920 bits per heavy atom. The number of nitrogens with one attached hydrogen (secondary N) is 1. The van der Waals surface area contributed by atoms with Gasteiger partial charge in [0.2, 0.25) is 0 Å². The van der Waals surface area contributed by atoms with Crippen molar-refractivity contribution < 1.29 is 5.11 Å². The molecule has 2 N–H and O–H groups in total. The highest BCUT2D eigenvalue weighted by Crippen LogP contribution is 2.29. The van der Waals surface area contributed by atoms with Crippen LogP contribution in [0.15, 0.2) is 86.0 Å². The number of rotatable bonds is 11. The molecule has 1 atom stereocenters. The lowest BCUT2D eigenvalue weighted by Gasteiger charge is -2.27. The first kappa shape index (κ1) is 19.0. The first-order valence-electron chi connectivity index (χ1n) is 8.97. The van der Waals surface area contributed by atoms with Crippen LogP contribution in [0.5, 0.6) is 0 Å². The minimum Gasteiger partial charge on any atom is -0.389 e. The molecule has 0 radical (unpaired) electrons. The van der Waals surface area contributed by atoms with E-state index in [0.717, 1.165) is 24.9 Å². The van der Waals surface area contributed by atoms with Gasteiger partial charge in [-0.25, -0.2) is 0 Å². The monoisotopic (exact) mass is 335 g/mol. The van der Waals surface area contributed by atoms with Crippen molar-refractivity contribution >= 4 is 5.69 Å². The maximum atomic E-state index is 10.7. The standard InChI is InChI=1S/C23H29NO/c1-3-17-23(25,18-4-2)19-11-16-22(20-12-7-5-8-13-20)24-21-14-9-6-10-15-21/h3-10,12-15,22,24-25H,1-2,11,16-19H2. The Morgan fingerprint density at radius 2 is 1.48 bits per heavy atom. The Hall–Kier alpha value is -2.32. The molecule has 0 saturated carbocycles. The van der Waals surface area contributed by atoms with Crippen molar-refractivity contribution in [2.45, 2.75) is 43.7 Å². The summed E-state index contributed by atoms with van der Waals surface area (Å²) in [7, 11) is 0. The van der Waals surface area contributed by atoms with E-state index in [4.69, 9.17) is 0 Å². The van der Waals surface area contributed by atoms with Crippen molar-refractivity contribution in [2.75, 3.05) is 5.32 Å². The Balaban J connectivity index is 2.03. The average Bonchev–Trinajstić information content (AvgIpc) is 2.63. The predicted molar refractivity (Wildman–Crippen MR) is 108 cm³/mol. The molecule has 2 heteroatoms. The molecule has 0 saturated heterocycles. The Kier molecular flexibility index (Phi) is 7.49. The second-order valence-electron chi connectivity index (χ2n) is 6.58. The van der Waals surface area contributed by atoms with E-state index in [1.165, 1.54) is 5.56 Å². The van der Waals surface area contributed by atoms with Crippen LogP contribution in [-0.4, -0.2) is 10.7 Å². The minimum absolute atomic E-state index is 0.223. The van der Waals surface area contributed by atoms with Crippen LogP contribution in [0.25, 0.3) is 0 Å². The molecular formula is C23H29NO. The molecule has 1 unspecified atom stereocenters. The summed E-state index contributed by atoms with van der Waals surface area (Å²) in [5, 5.41) is 14.3. The molecule has 2 nitrogen and oxygen atoms in total. The van der Waals surface area contributed by atoms with E-state index in [-0.39, 0.29) is 6.04 Å². The maximum Gasteiger partial charge on any atom is 0.0716 e. The number of aliphatic hydroxyl groups is 1. The molecule has 2 rings (SSSR count). The van der Waals surface area contributed by atoms with Crippen molar-refractivity contribution in [1.82, 2.24) is 0 Å². The van der Waals surface area contributed by atoms with Gasteiger partial charge in [0, 0.05) is 5.69 Å². The fraction of sp³-hybridized carbons (Fsp3) is 0.304. The minimum atomic E-state index is -0.725. The van der Waals surface area contributed by atoms with Crippen LogP contribution in [0.4, 0.5) is 5.69 Å². The van der Waals surface area contributed by atoms with Gasteiger partial charge in [-0.2, -0.15) is 0 Å². The number of anilines is 1. The summed E-state index contributed by atoms with van der Waals surface area (Å²) in [5.41, 5.74) is 1.66. The molecule has 0 aromatic heterocycles. The number of hydrogen-bond donors (Lipinski definition) is 2. The topological polar surface area (TPSA) is 32.3 Å². The van der Waals surface area contributed by atoms with Crippen LogP contribution < -0.4 is 5.32 Å². The molecule has 25 heavy (non-hydrogen) atoms. The Morgan fingerprint density at radius 3 is 2.04 bits per heavy atom. The summed E-state index contributed by atoms with van der Waals surface area (Å²) in [6.45, 7) is 7.54. The molecule has 0 aliphatic carbocycles. The summed E-state index contributed by atoms with van der Waals surface area (Å²) in [6, 6.07) is 21.0. The third-order valence-electron chi connectivity index (χ3n) is 4.50. The molecular weight excluding hydrogens is 306 g/mol. The van der Waals surface area contributed by atoms with Crippen molar-refractivity contribution in [3.8, 4) is 0 Å². The molecule has 0 fully saturated rings. The van der Waals surface area contributed by atoms with Gasteiger partial charge in [0.1, 0.15) is 0 Å². The number of hydrogen-bond acceptors (Lipinski definition) is 2. The number of benzene rings is 2. The van der Waals surface area contributed by atoms with Crippen molar-refractivity contribution in [1.29, 1.82) is 0 Å². The van der Waals surface area contributed by atoms with Crippen molar-refractivity contribution in [2.24, 2.45) is 0 Å². The second-order valence-corrected chi connectivity index (χ2v) is 6.58. The average molecular weight is 335 g/mol. The van der Waals surface area contributed by atoms with Crippen LogP contribution in [0.3, 0.4) is 0 Å². The van der Waals surface area contributed by atoms with E-state index in [1.54, 1.807) is 12.2 Å². The highest BCUT2D eigenvalue weighted by molar-refractivity contribution is 5.45. The lowest BCUT2D eigenvalue weighted by Crippen LogP contribution is -2.27. The normalized spacial score (nSPS) is 12.4. The van der Waals surface area contributed by atoms with Crippen LogP contribution in [0, 0.1) is 0 Å². The number of para-hydroxylation sites is 1. The second kappa shape index (κ2) is 9.85. The molecule has 2 aromatic carbocycles. The van der Waals surface area contributed by atoms with E-state index in [2.05, 4.69) is 54.9 Å². The molecule has 2 aromatic rings.